The van der Waals surface area contributed by atoms with Crippen molar-refractivity contribution in [3.8, 4) is 0 Å². The zero-order chi connectivity index (χ0) is 20.4. The quantitative estimate of drug-likeness (QED) is 0.761. The van der Waals surface area contributed by atoms with Gasteiger partial charge in [0.25, 0.3) is 5.91 Å². The molecule has 0 N–H and O–H groups in total. The fourth-order valence-electron chi connectivity index (χ4n) is 4.42. The number of halogens is 1. The van der Waals surface area contributed by atoms with Crippen LogP contribution >= 0.6 is 0 Å². The Labute approximate surface area is 172 Å². The zero-order valence-corrected chi connectivity index (χ0v) is 17.2. The Morgan fingerprint density at radius 1 is 1.10 bits per heavy atom. The molecule has 1 saturated heterocycles. The molecule has 1 atom stereocenters. The van der Waals surface area contributed by atoms with E-state index in [0.717, 1.165) is 37.1 Å². The van der Waals surface area contributed by atoms with Crippen molar-refractivity contribution in [3.05, 3.63) is 70.5 Å². The van der Waals surface area contributed by atoms with E-state index < -0.39 is 0 Å². The molecule has 5 heteroatoms. The van der Waals surface area contributed by atoms with Crippen molar-refractivity contribution >= 4 is 11.6 Å². The number of rotatable bonds is 4. The smallest absolute Gasteiger partial charge is 0.257 e. The van der Waals surface area contributed by atoms with Crippen LogP contribution in [0.1, 0.15) is 54.0 Å². The molecule has 0 saturated carbocycles. The predicted molar refractivity (Wildman–Crippen MR) is 113 cm³/mol. The standard InChI is InChI=1S/C24H28FN3O/c1-17-10-11-19(18(2)14-17)23-15-22(20-8-4-5-9-21(20)25)26-28(23)24(29)16-27-12-6-3-7-13-27/h4-5,8-11,14,23H,3,6-7,12-13,15-16H2,1-2H3/t23-/m0/s1. The molecule has 2 aromatic carbocycles. The summed E-state index contributed by atoms with van der Waals surface area (Å²) in [6.45, 7) is 6.41. The van der Waals surface area contributed by atoms with E-state index in [0.29, 0.717) is 24.2 Å². The highest BCUT2D eigenvalue weighted by Gasteiger charge is 2.35. The van der Waals surface area contributed by atoms with Gasteiger partial charge in [0.2, 0.25) is 0 Å². The summed E-state index contributed by atoms with van der Waals surface area (Å²) in [6, 6.07) is 12.8. The summed E-state index contributed by atoms with van der Waals surface area (Å²) in [5.74, 6) is -0.306. The first kappa shape index (κ1) is 19.8. The van der Waals surface area contributed by atoms with E-state index in [1.54, 1.807) is 17.1 Å². The third-order valence-corrected chi connectivity index (χ3v) is 5.94. The first-order chi connectivity index (χ1) is 14.0. The molecule has 2 aliphatic rings. The summed E-state index contributed by atoms with van der Waals surface area (Å²) >= 11 is 0. The van der Waals surface area contributed by atoms with Gasteiger partial charge in [0.15, 0.2) is 0 Å². The van der Waals surface area contributed by atoms with Gasteiger partial charge in [0.05, 0.1) is 18.3 Å². The number of carbonyl (C=O) groups is 1. The molecule has 0 aromatic heterocycles. The second kappa shape index (κ2) is 8.46. The highest BCUT2D eigenvalue weighted by atomic mass is 19.1. The minimum absolute atomic E-state index is 0.0109. The van der Waals surface area contributed by atoms with Crippen LogP contribution in [0.5, 0.6) is 0 Å². The summed E-state index contributed by atoms with van der Waals surface area (Å²) in [5.41, 5.74) is 4.52. The first-order valence-electron chi connectivity index (χ1n) is 10.5. The number of carbonyl (C=O) groups excluding carboxylic acids is 1. The third-order valence-electron chi connectivity index (χ3n) is 5.94. The number of amides is 1. The summed E-state index contributed by atoms with van der Waals surface area (Å²) in [7, 11) is 0. The topological polar surface area (TPSA) is 35.9 Å². The minimum Gasteiger partial charge on any atom is -0.294 e. The molecular formula is C24H28FN3O. The van der Waals surface area contributed by atoms with Crippen LogP contribution in [0.4, 0.5) is 4.39 Å². The summed E-state index contributed by atoms with van der Waals surface area (Å²) in [5, 5.41) is 6.24. The molecule has 0 radical (unpaired) electrons. The number of aryl methyl sites for hydroxylation is 2. The maximum Gasteiger partial charge on any atom is 0.257 e. The number of hydrogen-bond donors (Lipinski definition) is 0. The molecule has 2 aromatic rings. The van der Waals surface area contributed by atoms with E-state index in [-0.39, 0.29) is 17.8 Å². The molecule has 0 aliphatic carbocycles. The Hall–Kier alpha value is -2.53. The van der Waals surface area contributed by atoms with Crippen molar-refractivity contribution in [1.82, 2.24) is 9.91 Å². The van der Waals surface area contributed by atoms with E-state index in [1.807, 2.05) is 6.07 Å². The van der Waals surface area contributed by atoms with Crippen molar-refractivity contribution in [1.29, 1.82) is 0 Å². The van der Waals surface area contributed by atoms with Gasteiger partial charge in [0, 0.05) is 12.0 Å². The lowest BCUT2D eigenvalue weighted by molar-refractivity contribution is -0.134. The first-order valence-corrected chi connectivity index (χ1v) is 10.5. The molecule has 29 heavy (non-hydrogen) atoms. The Kier molecular flexibility index (Phi) is 5.76. The lowest BCUT2D eigenvalue weighted by Crippen LogP contribution is -2.40. The van der Waals surface area contributed by atoms with E-state index in [1.165, 1.54) is 18.1 Å². The van der Waals surface area contributed by atoms with Crippen LogP contribution in [-0.2, 0) is 4.79 Å². The fourth-order valence-corrected chi connectivity index (χ4v) is 4.42. The zero-order valence-electron chi connectivity index (χ0n) is 17.2. The fraction of sp³-hybridized carbons (Fsp3) is 0.417. The number of benzene rings is 2. The second-order valence-corrected chi connectivity index (χ2v) is 8.18. The van der Waals surface area contributed by atoms with Crippen LogP contribution in [0.3, 0.4) is 0 Å². The summed E-state index contributed by atoms with van der Waals surface area (Å²) in [6.07, 6.45) is 4.03. The maximum atomic E-state index is 14.4. The van der Waals surface area contributed by atoms with Crippen molar-refractivity contribution in [3.63, 3.8) is 0 Å². The van der Waals surface area contributed by atoms with Gasteiger partial charge in [-0.1, -0.05) is 48.4 Å². The number of hydrogen-bond acceptors (Lipinski definition) is 3. The predicted octanol–water partition coefficient (Wildman–Crippen LogP) is 4.61. The van der Waals surface area contributed by atoms with Crippen LogP contribution in [0.25, 0.3) is 0 Å². The molecule has 1 fully saturated rings. The molecular weight excluding hydrogens is 365 g/mol. The highest BCUT2D eigenvalue weighted by molar-refractivity contribution is 6.03. The average molecular weight is 394 g/mol. The van der Waals surface area contributed by atoms with Crippen LogP contribution < -0.4 is 0 Å². The van der Waals surface area contributed by atoms with Crippen molar-refractivity contribution < 1.29 is 9.18 Å². The highest BCUT2D eigenvalue weighted by Crippen LogP contribution is 2.35. The van der Waals surface area contributed by atoms with Gasteiger partial charge < -0.3 is 0 Å². The lowest BCUT2D eigenvalue weighted by atomic mass is 9.94. The molecule has 0 unspecified atom stereocenters. The van der Waals surface area contributed by atoms with Gasteiger partial charge in [-0.3, -0.25) is 9.69 Å². The van der Waals surface area contributed by atoms with E-state index in [9.17, 15) is 9.18 Å². The lowest BCUT2D eigenvalue weighted by Gasteiger charge is -2.29. The van der Waals surface area contributed by atoms with Crippen molar-refractivity contribution in [2.75, 3.05) is 19.6 Å². The number of nitrogens with zero attached hydrogens (tertiary/aromatic N) is 3. The van der Waals surface area contributed by atoms with Crippen LogP contribution in [0.2, 0.25) is 0 Å². The average Bonchev–Trinajstić information content (AvgIpc) is 3.14. The third kappa shape index (κ3) is 4.25. The summed E-state index contributed by atoms with van der Waals surface area (Å²) < 4.78 is 14.4. The van der Waals surface area contributed by atoms with Gasteiger partial charge in [0.1, 0.15) is 5.82 Å². The number of piperidine rings is 1. The molecule has 2 heterocycles. The van der Waals surface area contributed by atoms with E-state index >= 15 is 0 Å². The Morgan fingerprint density at radius 2 is 1.86 bits per heavy atom. The van der Waals surface area contributed by atoms with Crippen molar-refractivity contribution in [2.45, 2.75) is 45.6 Å². The normalized spacial score (nSPS) is 20.0. The molecule has 152 valence electrons. The minimum atomic E-state index is -0.295. The monoisotopic (exact) mass is 393 g/mol. The molecule has 4 rings (SSSR count). The molecule has 1 amide bonds. The van der Waals surface area contributed by atoms with E-state index in [2.05, 4.69) is 42.0 Å². The van der Waals surface area contributed by atoms with Crippen LogP contribution in [0, 0.1) is 19.7 Å². The van der Waals surface area contributed by atoms with Gasteiger partial charge in [-0.2, -0.15) is 5.10 Å². The van der Waals surface area contributed by atoms with Gasteiger partial charge in [-0.15, -0.1) is 0 Å². The van der Waals surface area contributed by atoms with Gasteiger partial charge >= 0.3 is 0 Å². The van der Waals surface area contributed by atoms with Crippen molar-refractivity contribution in [2.24, 2.45) is 5.10 Å². The summed E-state index contributed by atoms with van der Waals surface area (Å²) in [4.78, 5) is 15.4. The molecule has 4 nitrogen and oxygen atoms in total. The molecule has 2 aliphatic heterocycles. The Bertz CT molecular complexity index is 933. The SMILES string of the molecule is Cc1ccc([C@@H]2CC(c3ccccc3F)=NN2C(=O)CN2CCCCC2)c(C)c1. The Morgan fingerprint density at radius 3 is 2.59 bits per heavy atom. The number of likely N-dealkylation sites (tertiary alicyclic amines) is 1. The number of hydrazone groups is 1. The maximum absolute atomic E-state index is 14.4. The largest absolute Gasteiger partial charge is 0.294 e. The van der Waals surface area contributed by atoms with E-state index in [4.69, 9.17) is 0 Å². The second-order valence-electron chi connectivity index (χ2n) is 8.18. The van der Waals surface area contributed by atoms with Crippen LogP contribution in [-0.4, -0.2) is 41.2 Å². The van der Waals surface area contributed by atoms with Gasteiger partial charge in [-0.05, 0) is 57.0 Å². The van der Waals surface area contributed by atoms with Crippen LogP contribution in [0.15, 0.2) is 47.6 Å². The Balaban J connectivity index is 1.65. The molecule has 0 bridgehead atoms. The molecule has 0 spiro atoms. The van der Waals surface area contributed by atoms with Gasteiger partial charge in [-0.25, -0.2) is 9.40 Å².